The van der Waals surface area contributed by atoms with Crippen LogP contribution in [0.25, 0.3) is 0 Å². The summed E-state index contributed by atoms with van der Waals surface area (Å²) in [4.78, 5) is 2.52. The van der Waals surface area contributed by atoms with Gasteiger partial charge in [0, 0.05) is 0 Å². The summed E-state index contributed by atoms with van der Waals surface area (Å²) in [5.41, 5.74) is 7.36. The van der Waals surface area contributed by atoms with E-state index in [2.05, 4.69) is 68.3 Å². The molecule has 2 bridgehead atoms. The van der Waals surface area contributed by atoms with Gasteiger partial charge in [0.15, 0.2) is 0 Å². The minimum absolute atomic E-state index is 0.0581. The summed E-state index contributed by atoms with van der Waals surface area (Å²) in [6, 6.07) is 16.2. The van der Waals surface area contributed by atoms with Gasteiger partial charge in [-0.1, -0.05) is 48.0 Å². The lowest BCUT2D eigenvalue weighted by atomic mass is 9.78. The fourth-order valence-corrected chi connectivity index (χ4v) is 3.88. The van der Waals surface area contributed by atoms with Gasteiger partial charge in [-0.25, -0.2) is 0 Å². The molecule has 0 amide bonds. The maximum atomic E-state index is 2.52. The summed E-state index contributed by atoms with van der Waals surface area (Å²) in [5.74, 6) is 0. The third-order valence-corrected chi connectivity index (χ3v) is 4.90. The number of aryl methyl sites for hydroxylation is 1. The molecule has 4 rings (SSSR count). The third kappa shape index (κ3) is 0.942. The Hall–Kier alpha value is -1.60. The van der Waals surface area contributed by atoms with Gasteiger partial charge in [0.2, 0.25) is 0 Å². The lowest BCUT2D eigenvalue weighted by Crippen LogP contribution is -2.32. The van der Waals surface area contributed by atoms with Crippen LogP contribution in [0.4, 0.5) is 0 Å². The minimum Gasteiger partial charge on any atom is -0.282 e. The highest BCUT2D eigenvalue weighted by atomic mass is 15.2. The van der Waals surface area contributed by atoms with E-state index in [9.17, 15) is 0 Å². The molecule has 0 saturated heterocycles. The molecule has 0 spiro atoms. The lowest BCUT2D eigenvalue weighted by Gasteiger charge is -2.30. The highest BCUT2D eigenvalue weighted by Crippen LogP contribution is 2.58. The Labute approximate surface area is 108 Å². The number of fused-ring (bicyclic) bond motifs is 8. The number of rotatable bonds is 0. The maximum absolute atomic E-state index is 2.52. The molecule has 2 aromatic rings. The molecule has 1 nitrogen and oxygen atoms in total. The summed E-state index contributed by atoms with van der Waals surface area (Å²) >= 11 is 0. The predicted octanol–water partition coefficient (Wildman–Crippen LogP) is 3.61. The largest absolute Gasteiger partial charge is 0.282 e. The summed E-state index contributed by atoms with van der Waals surface area (Å²) in [5, 5.41) is 0. The second-order valence-corrected chi connectivity index (χ2v) is 5.76. The van der Waals surface area contributed by atoms with E-state index in [1.54, 1.807) is 0 Å². The molecule has 0 N–H and O–H groups in total. The van der Waals surface area contributed by atoms with Crippen molar-refractivity contribution in [2.24, 2.45) is 0 Å². The molecular weight excluding hydrogens is 218 g/mol. The van der Waals surface area contributed by atoms with Gasteiger partial charge in [-0.2, -0.15) is 0 Å². The summed E-state index contributed by atoms with van der Waals surface area (Å²) in [6.07, 6.45) is 0. The zero-order valence-corrected chi connectivity index (χ0v) is 11.1. The second-order valence-electron chi connectivity index (χ2n) is 5.76. The van der Waals surface area contributed by atoms with Crippen molar-refractivity contribution < 1.29 is 0 Å². The van der Waals surface area contributed by atoms with Crippen LogP contribution in [0.1, 0.15) is 40.8 Å². The van der Waals surface area contributed by atoms with Gasteiger partial charge >= 0.3 is 0 Å². The first-order valence-corrected chi connectivity index (χ1v) is 6.57. The van der Waals surface area contributed by atoms with E-state index in [0.717, 1.165) is 0 Å². The van der Waals surface area contributed by atoms with Crippen molar-refractivity contribution >= 4 is 0 Å². The van der Waals surface area contributed by atoms with E-state index in [1.807, 2.05) is 0 Å². The molecule has 0 fully saturated rings. The molecule has 1 heteroatoms. The SMILES string of the molecule is Cc1ccc2c(c1)C1(C)c3ccccc3C2N1C. The first-order valence-electron chi connectivity index (χ1n) is 6.57. The van der Waals surface area contributed by atoms with E-state index in [-0.39, 0.29) is 5.54 Å². The Kier molecular flexibility index (Phi) is 1.75. The van der Waals surface area contributed by atoms with Gasteiger partial charge in [0.25, 0.3) is 0 Å². The standard InChI is InChI=1S/C17H17N/c1-11-8-9-13-15(10-11)17(2)14-7-5-4-6-12(14)16(13)18(17)3/h4-10,16H,1-3H3. The lowest BCUT2D eigenvalue weighted by molar-refractivity contribution is 0.204. The van der Waals surface area contributed by atoms with Gasteiger partial charge in [-0.15, -0.1) is 0 Å². The van der Waals surface area contributed by atoms with E-state index in [4.69, 9.17) is 0 Å². The zero-order chi connectivity index (χ0) is 12.5. The average molecular weight is 235 g/mol. The molecule has 2 aromatic carbocycles. The predicted molar refractivity (Wildman–Crippen MR) is 73.7 cm³/mol. The Morgan fingerprint density at radius 1 is 1.00 bits per heavy atom. The van der Waals surface area contributed by atoms with Crippen molar-refractivity contribution in [1.82, 2.24) is 4.90 Å². The van der Waals surface area contributed by atoms with Crippen LogP contribution in [0.5, 0.6) is 0 Å². The van der Waals surface area contributed by atoms with Crippen molar-refractivity contribution in [2.75, 3.05) is 7.05 Å². The summed E-state index contributed by atoms with van der Waals surface area (Å²) in [7, 11) is 2.25. The monoisotopic (exact) mass is 235 g/mol. The number of hydrogen-bond donors (Lipinski definition) is 0. The second kappa shape index (κ2) is 3.04. The van der Waals surface area contributed by atoms with Crippen LogP contribution < -0.4 is 0 Å². The quantitative estimate of drug-likeness (QED) is 0.674. The molecule has 18 heavy (non-hydrogen) atoms. The molecule has 90 valence electrons. The first kappa shape index (κ1) is 10.3. The van der Waals surface area contributed by atoms with E-state index in [1.165, 1.54) is 27.8 Å². The van der Waals surface area contributed by atoms with Gasteiger partial charge < -0.3 is 0 Å². The summed E-state index contributed by atoms with van der Waals surface area (Å²) < 4.78 is 0. The molecule has 2 atom stereocenters. The van der Waals surface area contributed by atoms with Crippen molar-refractivity contribution in [3.05, 3.63) is 70.3 Å². The first-order chi connectivity index (χ1) is 8.64. The van der Waals surface area contributed by atoms with Crippen LogP contribution in [-0.2, 0) is 5.54 Å². The molecule has 2 aliphatic heterocycles. The molecule has 2 unspecified atom stereocenters. The zero-order valence-electron chi connectivity index (χ0n) is 11.1. The van der Waals surface area contributed by atoms with Gasteiger partial charge in [-0.05, 0) is 43.1 Å². The fraction of sp³-hybridized carbons (Fsp3) is 0.294. The highest BCUT2D eigenvalue weighted by Gasteiger charge is 2.53. The Balaban J connectivity index is 2.09. The average Bonchev–Trinajstić information content (AvgIpc) is 2.73. The Bertz CT molecular complexity index is 658. The molecule has 0 saturated carbocycles. The topological polar surface area (TPSA) is 3.24 Å². The van der Waals surface area contributed by atoms with Gasteiger partial charge in [0.05, 0.1) is 11.6 Å². The molecule has 0 aromatic heterocycles. The summed E-state index contributed by atoms with van der Waals surface area (Å²) in [6.45, 7) is 4.54. The van der Waals surface area contributed by atoms with E-state index in [0.29, 0.717) is 6.04 Å². The van der Waals surface area contributed by atoms with Crippen LogP contribution >= 0.6 is 0 Å². The number of hydrogen-bond acceptors (Lipinski definition) is 1. The molecule has 2 aliphatic rings. The van der Waals surface area contributed by atoms with E-state index < -0.39 is 0 Å². The number of benzene rings is 2. The van der Waals surface area contributed by atoms with Crippen LogP contribution in [-0.4, -0.2) is 11.9 Å². The maximum Gasteiger partial charge on any atom is 0.0699 e. The fourth-order valence-electron chi connectivity index (χ4n) is 3.88. The molecule has 0 aliphatic carbocycles. The van der Waals surface area contributed by atoms with Gasteiger partial charge in [-0.3, -0.25) is 4.90 Å². The van der Waals surface area contributed by atoms with Crippen LogP contribution in [0.2, 0.25) is 0 Å². The smallest absolute Gasteiger partial charge is 0.0699 e. The molecule has 2 heterocycles. The van der Waals surface area contributed by atoms with Crippen molar-refractivity contribution in [3.8, 4) is 0 Å². The highest BCUT2D eigenvalue weighted by molar-refractivity contribution is 5.61. The Morgan fingerprint density at radius 2 is 1.72 bits per heavy atom. The minimum atomic E-state index is 0.0581. The van der Waals surface area contributed by atoms with Crippen LogP contribution in [0, 0.1) is 6.92 Å². The third-order valence-electron chi connectivity index (χ3n) is 4.90. The van der Waals surface area contributed by atoms with Crippen LogP contribution in [0.15, 0.2) is 42.5 Å². The van der Waals surface area contributed by atoms with Crippen molar-refractivity contribution in [2.45, 2.75) is 25.4 Å². The van der Waals surface area contributed by atoms with Crippen molar-refractivity contribution in [3.63, 3.8) is 0 Å². The normalized spacial score (nSPS) is 28.3. The molecule has 0 radical (unpaired) electrons. The number of nitrogens with zero attached hydrogens (tertiary/aromatic N) is 1. The Morgan fingerprint density at radius 3 is 2.56 bits per heavy atom. The van der Waals surface area contributed by atoms with E-state index >= 15 is 0 Å². The molecular formula is C17H17N. The van der Waals surface area contributed by atoms with Gasteiger partial charge in [0.1, 0.15) is 0 Å². The van der Waals surface area contributed by atoms with Crippen molar-refractivity contribution in [1.29, 1.82) is 0 Å². The van der Waals surface area contributed by atoms with Crippen LogP contribution in [0.3, 0.4) is 0 Å².